The molecule has 0 spiro atoms. The quantitative estimate of drug-likeness (QED) is 0.516. The maximum Gasteiger partial charge on any atom is 0.336 e. The van der Waals surface area contributed by atoms with Crippen molar-refractivity contribution in [2.75, 3.05) is 31.1 Å². The molecule has 3 aromatic heterocycles. The van der Waals surface area contributed by atoms with Gasteiger partial charge in [-0.25, -0.2) is 14.8 Å². The molecule has 2 fully saturated rings. The van der Waals surface area contributed by atoms with Crippen LogP contribution in [0.15, 0.2) is 45.9 Å². The molecular weight excluding hydrogens is 356 g/mol. The van der Waals surface area contributed by atoms with E-state index in [9.17, 15) is 4.79 Å². The Morgan fingerprint density at radius 2 is 1.93 bits per heavy atom. The Balaban J connectivity index is 1.48. The summed E-state index contributed by atoms with van der Waals surface area (Å²) in [5.41, 5.74) is 3.42. The Hall–Kier alpha value is -3.26. The van der Waals surface area contributed by atoms with Crippen molar-refractivity contribution in [1.29, 1.82) is 0 Å². The van der Waals surface area contributed by atoms with E-state index >= 15 is 0 Å². The highest BCUT2D eigenvalue weighted by Crippen LogP contribution is 2.32. The molecule has 0 saturated carbocycles. The van der Waals surface area contributed by atoms with Crippen LogP contribution in [0.4, 0.5) is 5.95 Å². The zero-order valence-corrected chi connectivity index (χ0v) is 15.1. The van der Waals surface area contributed by atoms with E-state index in [1.165, 1.54) is 6.07 Å². The maximum atomic E-state index is 11.4. The van der Waals surface area contributed by atoms with Crippen LogP contribution in [0, 0.1) is 11.8 Å². The maximum absolute atomic E-state index is 11.4. The first-order valence-electron chi connectivity index (χ1n) is 9.46. The Bertz CT molecular complexity index is 1250. The van der Waals surface area contributed by atoms with Crippen LogP contribution in [0.2, 0.25) is 0 Å². The zero-order valence-electron chi connectivity index (χ0n) is 15.1. The van der Waals surface area contributed by atoms with Crippen molar-refractivity contribution >= 4 is 28.1 Å². The summed E-state index contributed by atoms with van der Waals surface area (Å²) in [6.45, 7) is 4.06. The molecule has 140 valence electrons. The van der Waals surface area contributed by atoms with E-state index in [1.807, 2.05) is 18.2 Å². The zero-order chi connectivity index (χ0) is 18.7. The van der Waals surface area contributed by atoms with Gasteiger partial charge in [0.2, 0.25) is 5.95 Å². The van der Waals surface area contributed by atoms with Crippen molar-refractivity contribution in [1.82, 2.24) is 25.3 Å². The van der Waals surface area contributed by atoms with Gasteiger partial charge in [0.25, 0.3) is 0 Å². The summed E-state index contributed by atoms with van der Waals surface area (Å²) in [6, 6.07) is 8.90. The molecule has 5 heterocycles. The first-order valence-corrected chi connectivity index (χ1v) is 9.46. The van der Waals surface area contributed by atoms with E-state index in [0.717, 1.165) is 54.3 Å². The summed E-state index contributed by atoms with van der Waals surface area (Å²) in [7, 11) is 0. The minimum atomic E-state index is -0.352. The molecule has 2 atom stereocenters. The van der Waals surface area contributed by atoms with Crippen LogP contribution in [0.1, 0.15) is 0 Å². The van der Waals surface area contributed by atoms with E-state index in [1.54, 1.807) is 12.4 Å². The predicted molar refractivity (Wildman–Crippen MR) is 105 cm³/mol. The van der Waals surface area contributed by atoms with Crippen molar-refractivity contribution in [2.45, 2.75) is 0 Å². The van der Waals surface area contributed by atoms with Crippen molar-refractivity contribution in [3.63, 3.8) is 0 Å². The second kappa shape index (κ2) is 5.87. The molecule has 0 bridgehead atoms. The normalized spacial score (nSPS) is 21.6. The third-order valence-corrected chi connectivity index (χ3v) is 5.84. The SMILES string of the molecule is O=c1ccc2cc(-c3nc(N4CC5CNCC5C4)nc4nc[nH]c34)ccc2o1. The van der Waals surface area contributed by atoms with Crippen LogP contribution in [0.25, 0.3) is 33.4 Å². The lowest BCUT2D eigenvalue weighted by atomic mass is 10.0. The van der Waals surface area contributed by atoms with Gasteiger partial charge in [-0.05, 0) is 36.1 Å². The molecule has 6 rings (SSSR count). The van der Waals surface area contributed by atoms with Crippen LogP contribution in [0.3, 0.4) is 0 Å². The fraction of sp³-hybridized carbons (Fsp3) is 0.300. The third-order valence-electron chi connectivity index (χ3n) is 5.84. The molecule has 0 aliphatic carbocycles. The van der Waals surface area contributed by atoms with Gasteiger partial charge >= 0.3 is 5.63 Å². The molecule has 0 amide bonds. The predicted octanol–water partition coefficient (Wildman–Crippen LogP) is 1.78. The standard InChI is InChI=1S/C20H18N6O2/c27-16-4-2-11-5-12(1-3-15(11)28-16)17-18-19(23-10-22-18)25-20(24-17)26-8-13-6-21-7-14(13)9-26/h1-5,10,13-14,21H,6-9H2,(H,22,23,24,25). The summed E-state index contributed by atoms with van der Waals surface area (Å²) in [5, 5.41) is 4.32. The highest BCUT2D eigenvalue weighted by molar-refractivity contribution is 5.91. The lowest BCUT2D eigenvalue weighted by molar-refractivity contribution is 0.533. The summed E-state index contributed by atoms with van der Waals surface area (Å²) in [6.07, 6.45) is 1.65. The monoisotopic (exact) mass is 374 g/mol. The number of fused-ring (bicyclic) bond motifs is 3. The smallest absolute Gasteiger partial charge is 0.336 e. The highest BCUT2D eigenvalue weighted by atomic mass is 16.4. The van der Waals surface area contributed by atoms with Crippen LogP contribution in [-0.4, -0.2) is 46.1 Å². The second-order valence-corrected chi connectivity index (χ2v) is 7.56. The average molecular weight is 374 g/mol. The first-order chi connectivity index (χ1) is 13.7. The number of hydrogen-bond acceptors (Lipinski definition) is 7. The van der Waals surface area contributed by atoms with Crippen LogP contribution < -0.4 is 15.8 Å². The fourth-order valence-corrected chi connectivity index (χ4v) is 4.41. The number of H-pyrrole nitrogens is 1. The summed E-state index contributed by atoms with van der Waals surface area (Å²) in [5.74, 6) is 2.04. The van der Waals surface area contributed by atoms with Crippen molar-refractivity contribution < 1.29 is 4.42 Å². The lowest BCUT2D eigenvalue weighted by Crippen LogP contribution is -2.27. The summed E-state index contributed by atoms with van der Waals surface area (Å²) in [4.78, 5) is 30.9. The molecule has 8 nitrogen and oxygen atoms in total. The Morgan fingerprint density at radius 3 is 2.79 bits per heavy atom. The number of imidazole rings is 1. The summed E-state index contributed by atoms with van der Waals surface area (Å²) < 4.78 is 5.25. The summed E-state index contributed by atoms with van der Waals surface area (Å²) >= 11 is 0. The molecule has 2 N–H and O–H groups in total. The van der Waals surface area contributed by atoms with Crippen molar-refractivity contribution in [3.8, 4) is 11.3 Å². The topological polar surface area (TPSA) is 99.9 Å². The van der Waals surface area contributed by atoms with Crippen molar-refractivity contribution in [3.05, 3.63) is 47.1 Å². The number of benzene rings is 1. The fourth-order valence-electron chi connectivity index (χ4n) is 4.41. The van der Waals surface area contributed by atoms with Gasteiger partial charge in [-0.2, -0.15) is 4.98 Å². The molecular formula is C20H18N6O2. The second-order valence-electron chi connectivity index (χ2n) is 7.56. The largest absolute Gasteiger partial charge is 0.423 e. The molecule has 2 saturated heterocycles. The molecule has 2 unspecified atom stereocenters. The van der Waals surface area contributed by atoms with Gasteiger partial charge in [-0.3, -0.25) is 0 Å². The number of aromatic nitrogens is 4. The minimum absolute atomic E-state index is 0.352. The Labute approximate surface area is 159 Å². The number of hydrogen-bond donors (Lipinski definition) is 2. The van der Waals surface area contributed by atoms with Gasteiger partial charge < -0.3 is 19.6 Å². The number of nitrogens with zero attached hydrogens (tertiary/aromatic N) is 4. The van der Waals surface area contributed by atoms with Gasteiger partial charge in [-0.1, -0.05) is 0 Å². The number of aromatic amines is 1. The molecule has 28 heavy (non-hydrogen) atoms. The molecule has 8 heteroatoms. The third kappa shape index (κ3) is 2.41. The Morgan fingerprint density at radius 1 is 1.07 bits per heavy atom. The number of anilines is 1. The molecule has 2 aliphatic rings. The van der Waals surface area contributed by atoms with E-state index in [-0.39, 0.29) is 5.63 Å². The first kappa shape index (κ1) is 15.8. The van der Waals surface area contributed by atoms with Crippen LogP contribution in [0.5, 0.6) is 0 Å². The Kier molecular flexibility index (Phi) is 3.30. The highest BCUT2D eigenvalue weighted by Gasteiger charge is 2.37. The van der Waals surface area contributed by atoms with Gasteiger partial charge in [-0.15, -0.1) is 0 Å². The number of rotatable bonds is 2. The average Bonchev–Trinajstić information content (AvgIpc) is 3.42. The van der Waals surface area contributed by atoms with Gasteiger partial charge in [0.05, 0.1) is 6.33 Å². The van der Waals surface area contributed by atoms with E-state index in [0.29, 0.717) is 23.1 Å². The van der Waals surface area contributed by atoms with E-state index < -0.39 is 0 Å². The lowest BCUT2D eigenvalue weighted by Gasteiger charge is -2.18. The van der Waals surface area contributed by atoms with Gasteiger partial charge in [0, 0.05) is 43.2 Å². The molecule has 2 aliphatic heterocycles. The van der Waals surface area contributed by atoms with Gasteiger partial charge in [0.1, 0.15) is 16.8 Å². The van der Waals surface area contributed by atoms with Crippen LogP contribution >= 0.6 is 0 Å². The van der Waals surface area contributed by atoms with Gasteiger partial charge in [0.15, 0.2) is 5.65 Å². The van der Waals surface area contributed by atoms with E-state index in [4.69, 9.17) is 14.4 Å². The molecule has 0 radical (unpaired) electrons. The number of nitrogens with one attached hydrogen (secondary N) is 2. The molecule has 4 aromatic rings. The minimum Gasteiger partial charge on any atom is -0.423 e. The molecule has 1 aromatic carbocycles. The van der Waals surface area contributed by atoms with E-state index in [2.05, 4.69) is 20.2 Å². The van der Waals surface area contributed by atoms with Crippen molar-refractivity contribution in [2.24, 2.45) is 11.8 Å². The van der Waals surface area contributed by atoms with Crippen LogP contribution in [-0.2, 0) is 0 Å².